The molecule has 0 aromatic heterocycles. The Hall–Kier alpha value is -3.20. The second-order valence-corrected chi connectivity index (χ2v) is 10.9. The average molecular weight is 542 g/mol. The fourth-order valence-electron chi connectivity index (χ4n) is 3.81. The van der Waals surface area contributed by atoms with Gasteiger partial charge in [-0.05, 0) is 54.3 Å². The number of rotatable bonds is 12. The first-order valence-corrected chi connectivity index (χ1v) is 14.0. The smallest absolute Gasteiger partial charge is 0.242 e. The van der Waals surface area contributed by atoms with Crippen molar-refractivity contribution in [2.24, 2.45) is 0 Å². The van der Waals surface area contributed by atoms with Gasteiger partial charge >= 0.3 is 0 Å². The predicted octanol–water partition coefficient (Wildman–Crippen LogP) is 4.30. The molecule has 0 saturated heterocycles. The highest BCUT2D eigenvalue weighted by Gasteiger charge is 2.26. The van der Waals surface area contributed by atoms with Crippen LogP contribution in [0.2, 0.25) is 5.02 Å². The van der Waals surface area contributed by atoms with Crippen molar-refractivity contribution in [3.63, 3.8) is 0 Å². The van der Waals surface area contributed by atoms with Gasteiger partial charge in [0.1, 0.15) is 6.04 Å². The van der Waals surface area contributed by atoms with E-state index >= 15 is 0 Å². The molecule has 0 bridgehead atoms. The molecular formula is C28H32ClN3O4S. The molecule has 0 aliphatic carbocycles. The summed E-state index contributed by atoms with van der Waals surface area (Å²) in [5, 5.41) is 3.51. The molecule has 0 aliphatic rings. The third-order valence-electron chi connectivity index (χ3n) is 5.94. The summed E-state index contributed by atoms with van der Waals surface area (Å²) in [7, 11) is -3.53. The van der Waals surface area contributed by atoms with Gasteiger partial charge in [-0.15, -0.1) is 0 Å². The van der Waals surface area contributed by atoms with E-state index in [9.17, 15) is 18.0 Å². The van der Waals surface area contributed by atoms with Crippen LogP contribution in [0.3, 0.4) is 0 Å². The van der Waals surface area contributed by atoms with Gasteiger partial charge < -0.3 is 10.2 Å². The molecule has 3 aromatic carbocycles. The summed E-state index contributed by atoms with van der Waals surface area (Å²) < 4.78 is 26.8. The Morgan fingerprint density at radius 1 is 0.892 bits per heavy atom. The summed E-state index contributed by atoms with van der Waals surface area (Å²) in [5.41, 5.74) is 2.66. The van der Waals surface area contributed by atoms with E-state index in [1.165, 1.54) is 12.1 Å². The maximum atomic E-state index is 13.3. The Kier molecular flexibility index (Phi) is 10.3. The first-order chi connectivity index (χ1) is 17.7. The monoisotopic (exact) mass is 541 g/mol. The normalized spacial score (nSPS) is 12.1. The summed E-state index contributed by atoms with van der Waals surface area (Å²) in [6, 6.07) is 22.5. The molecule has 0 heterocycles. The van der Waals surface area contributed by atoms with Gasteiger partial charge in [-0.25, -0.2) is 13.1 Å². The minimum atomic E-state index is -3.53. The summed E-state index contributed by atoms with van der Waals surface area (Å²) >= 11 is 6.01. The highest BCUT2D eigenvalue weighted by molar-refractivity contribution is 7.89. The van der Waals surface area contributed by atoms with E-state index in [-0.39, 0.29) is 29.7 Å². The van der Waals surface area contributed by atoms with E-state index in [4.69, 9.17) is 11.6 Å². The zero-order valence-corrected chi connectivity index (χ0v) is 22.6. The van der Waals surface area contributed by atoms with Crippen LogP contribution in [0.15, 0.2) is 83.8 Å². The lowest BCUT2D eigenvalue weighted by Crippen LogP contribution is -2.47. The van der Waals surface area contributed by atoms with Crippen molar-refractivity contribution in [2.75, 3.05) is 6.54 Å². The minimum absolute atomic E-state index is 0.170. The number of hydrogen-bond acceptors (Lipinski definition) is 4. The van der Waals surface area contributed by atoms with Gasteiger partial charge in [-0.2, -0.15) is 0 Å². The van der Waals surface area contributed by atoms with Crippen LogP contribution < -0.4 is 10.0 Å². The van der Waals surface area contributed by atoms with E-state index in [1.807, 2.05) is 42.5 Å². The fraction of sp³-hybridized carbons (Fsp3) is 0.286. The van der Waals surface area contributed by atoms with Crippen molar-refractivity contribution in [3.05, 3.63) is 101 Å². The second kappa shape index (κ2) is 13.4. The number of amides is 2. The Bertz CT molecular complexity index is 1280. The van der Waals surface area contributed by atoms with Crippen LogP contribution in [0, 0.1) is 0 Å². The molecule has 3 rings (SSSR count). The van der Waals surface area contributed by atoms with Crippen molar-refractivity contribution >= 4 is 33.4 Å². The second-order valence-electron chi connectivity index (χ2n) is 8.67. The lowest BCUT2D eigenvalue weighted by atomic mass is 10.1. The van der Waals surface area contributed by atoms with Crippen molar-refractivity contribution in [2.45, 2.75) is 50.7 Å². The number of halogens is 1. The van der Waals surface area contributed by atoms with Crippen LogP contribution in [0.1, 0.15) is 37.0 Å². The van der Waals surface area contributed by atoms with Crippen molar-refractivity contribution in [3.8, 4) is 0 Å². The highest BCUT2D eigenvalue weighted by Crippen LogP contribution is 2.17. The molecule has 1 unspecified atom stereocenters. The van der Waals surface area contributed by atoms with Crippen LogP contribution in [-0.2, 0) is 39.1 Å². The third kappa shape index (κ3) is 8.42. The van der Waals surface area contributed by atoms with Gasteiger partial charge in [0.15, 0.2) is 0 Å². The van der Waals surface area contributed by atoms with Crippen molar-refractivity contribution < 1.29 is 18.0 Å². The number of aryl methyl sites for hydroxylation is 1. The van der Waals surface area contributed by atoms with Crippen LogP contribution in [0.4, 0.5) is 0 Å². The number of nitrogens with one attached hydrogen (secondary N) is 2. The maximum Gasteiger partial charge on any atom is 0.242 e. The summed E-state index contributed by atoms with van der Waals surface area (Å²) in [4.78, 5) is 28.1. The van der Waals surface area contributed by atoms with Gasteiger partial charge in [-0.3, -0.25) is 9.59 Å². The predicted molar refractivity (Wildman–Crippen MR) is 145 cm³/mol. The first kappa shape index (κ1) is 28.4. The fourth-order valence-corrected chi connectivity index (χ4v) is 4.97. The number of sulfonamides is 1. The lowest BCUT2D eigenvalue weighted by Gasteiger charge is -2.29. The molecule has 37 heavy (non-hydrogen) atoms. The Balaban J connectivity index is 1.69. The molecule has 0 saturated carbocycles. The molecule has 0 spiro atoms. The van der Waals surface area contributed by atoms with Crippen LogP contribution in [0.5, 0.6) is 0 Å². The van der Waals surface area contributed by atoms with Crippen LogP contribution in [-0.4, -0.2) is 37.7 Å². The average Bonchev–Trinajstić information content (AvgIpc) is 2.90. The van der Waals surface area contributed by atoms with Gasteiger partial charge in [-0.1, -0.05) is 73.1 Å². The van der Waals surface area contributed by atoms with E-state index in [0.29, 0.717) is 24.5 Å². The van der Waals surface area contributed by atoms with Gasteiger partial charge in [0, 0.05) is 31.1 Å². The molecule has 0 radical (unpaired) electrons. The summed E-state index contributed by atoms with van der Waals surface area (Å²) in [6.07, 6.45) is 0.582. The minimum Gasteiger partial charge on any atom is -0.350 e. The number of carbonyl (C=O) groups excluding carboxylic acids is 2. The van der Waals surface area contributed by atoms with E-state index in [2.05, 4.69) is 10.0 Å². The molecule has 0 aliphatic heterocycles. The SMILES string of the molecule is CCNS(=O)(=O)c1ccc(CCC(=O)N(Cc2ccc(Cl)cc2)C(C)C(=O)NCc2ccccc2)cc1. The molecule has 0 fully saturated rings. The molecule has 196 valence electrons. The van der Waals surface area contributed by atoms with Crippen LogP contribution >= 0.6 is 11.6 Å². The van der Waals surface area contributed by atoms with E-state index in [0.717, 1.165) is 16.7 Å². The van der Waals surface area contributed by atoms with Gasteiger partial charge in [0.2, 0.25) is 21.8 Å². The molecule has 3 aromatic rings. The van der Waals surface area contributed by atoms with Gasteiger partial charge in [0.05, 0.1) is 4.90 Å². The number of hydrogen-bond donors (Lipinski definition) is 2. The zero-order valence-electron chi connectivity index (χ0n) is 21.0. The Morgan fingerprint density at radius 3 is 2.14 bits per heavy atom. The number of nitrogens with zero attached hydrogens (tertiary/aromatic N) is 1. The number of benzene rings is 3. The van der Waals surface area contributed by atoms with E-state index < -0.39 is 16.1 Å². The molecular weight excluding hydrogens is 510 g/mol. The van der Waals surface area contributed by atoms with Crippen LogP contribution in [0.25, 0.3) is 0 Å². The highest BCUT2D eigenvalue weighted by atomic mass is 35.5. The largest absolute Gasteiger partial charge is 0.350 e. The molecule has 2 N–H and O–H groups in total. The molecule has 1 atom stereocenters. The first-order valence-electron chi connectivity index (χ1n) is 12.1. The third-order valence-corrected chi connectivity index (χ3v) is 7.75. The topological polar surface area (TPSA) is 95.6 Å². The standard InChI is InChI=1S/C28H32ClN3O4S/c1-3-31-37(35,36)26-16-11-22(12-17-26)13-18-27(33)32(20-24-9-14-25(29)15-10-24)21(2)28(34)30-19-23-7-5-4-6-8-23/h4-12,14-17,21,31H,3,13,18-20H2,1-2H3,(H,30,34). The quantitative estimate of drug-likeness (QED) is 0.357. The molecule has 7 nitrogen and oxygen atoms in total. The summed E-state index contributed by atoms with van der Waals surface area (Å²) in [6.45, 7) is 4.37. The lowest BCUT2D eigenvalue weighted by molar-refractivity contribution is -0.140. The van der Waals surface area contributed by atoms with E-state index in [1.54, 1.807) is 43.0 Å². The van der Waals surface area contributed by atoms with Crippen molar-refractivity contribution in [1.29, 1.82) is 0 Å². The Labute approximate surface area is 223 Å². The molecule has 2 amide bonds. The zero-order chi connectivity index (χ0) is 26.8. The maximum absolute atomic E-state index is 13.3. The molecule has 9 heteroatoms. The summed E-state index contributed by atoms with van der Waals surface area (Å²) in [5.74, 6) is -0.425. The number of carbonyl (C=O) groups is 2. The van der Waals surface area contributed by atoms with Crippen molar-refractivity contribution in [1.82, 2.24) is 14.9 Å². The Morgan fingerprint density at radius 2 is 1.51 bits per heavy atom. The van der Waals surface area contributed by atoms with Gasteiger partial charge in [0.25, 0.3) is 0 Å².